The van der Waals surface area contributed by atoms with Crippen molar-refractivity contribution in [3.05, 3.63) is 12.2 Å². The highest BCUT2D eigenvalue weighted by Gasteiger charge is 1.92. The summed E-state index contributed by atoms with van der Waals surface area (Å²) in [7, 11) is 0. The third-order valence-corrected chi connectivity index (χ3v) is 1.18. The molecule has 1 nitrogen and oxygen atoms in total. The molecule has 0 aliphatic carbocycles. The smallest absolute Gasteiger partial charge is 0.0720 e. The molecule has 0 amide bonds. The van der Waals surface area contributed by atoms with E-state index in [1.54, 1.807) is 0 Å². The van der Waals surface area contributed by atoms with Gasteiger partial charge in [0, 0.05) is 0 Å². The van der Waals surface area contributed by atoms with Gasteiger partial charge in [-0.3, -0.25) is 0 Å². The Morgan fingerprint density at radius 2 is 2.11 bits per heavy atom. The normalized spacial score (nSPS) is 14.6. The first-order valence-electron chi connectivity index (χ1n) is 3.66. The molecule has 54 valence electrons. The molecule has 0 heterocycles. The Morgan fingerprint density at radius 1 is 1.44 bits per heavy atom. The number of hydrogen-bond acceptors (Lipinski definition) is 1. The maximum Gasteiger partial charge on any atom is 0.0720 e. The average molecular weight is 128 g/mol. The van der Waals surface area contributed by atoms with Gasteiger partial charge < -0.3 is 5.11 Å². The summed E-state index contributed by atoms with van der Waals surface area (Å²) in [6.45, 7) is 4.14. The van der Waals surface area contributed by atoms with Crippen molar-refractivity contribution in [2.75, 3.05) is 0 Å². The van der Waals surface area contributed by atoms with E-state index in [0.29, 0.717) is 0 Å². The molecule has 0 aromatic rings. The van der Waals surface area contributed by atoms with Crippen LogP contribution in [0.15, 0.2) is 12.2 Å². The van der Waals surface area contributed by atoms with E-state index < -0.39 is 0 Å². The summed E-state index contributed by atoms with van der Waals surface area (Å²) in [5.74, 6) is 0. The number of allylic oxidation sites excluding steroid dienone is 1. The highest BCUT2D eigenvalue weighted by Crippen LogP contribution is 1.97. The summed E-state index contributed by atoms with van der Waals surface area (Å²) in [5, 5.41) is 9.09. The van der Waals surface area contributed by atoms with Crippen molar-refractivity contribution in [2.45, 2.75) is 39.2 Å². The molecule has 1 atom stereocenters. The molecule has 9 heavy (non-hydrogen) atoms. The summed E-state index contributed by atoms with van der Waals surface area (Å²) >= 11 is 0. The fraction of sp³-hybridized carbons (Fsp3) is 0.750. The lowest BCUT2D eigenvalue weighted by molar-refractivity contribution is 0.211. The van der Waals surface area contributed by atoms with Crippen LogP contribution in [0.1, 0.15) is 33.1 Å². The van der Waals surface area contributed by atoms with Crippen molar-refractivity contribution in [1.82, 2.24) is 0 Å². The monoisotopic (exact) mass is 128 g/mol. The third kappa shape index (κ3) is 5.57. The number of rotatable bonds is 4. The van der Waals surface area contributed by atoms with Crippen LogP contribution >= 0.6 is 0 Å². The second kappa shape index (κ2) is 5.83. The molecule has 0 aromatic heterocycles. The van der Waals surface area contributed by atoms with Crippen LogP contribution in [0.5, 0.6) is 0 Å². The Balaban J connectivity index is 3.25. The Bertz CT molecular complexity index is 76.6. The second-order valence-corrected chi connectivity index (χ2v) is 2.19. The topological polar surface area (TPSA) is 20.2 Å². The lowest BCUT2D eigenvalue weighted by atomic mass is 10.2. The molecule has 0 radical (unpaired) electrons. The molecule has 0 aliphatic rings. The minimum absolute atomic E-state index is 0.213. The summed E-state index contributed by atoms with van der Waals surface area (Å²) in [6.07, 6.45) is 6.60. The molecule has 0 fully saturated rings. The van der Waals surface area contributed by atoms with E-state index in [1.807, 2.05) is 12.2 Å². The lowest BCUT2D eigenvalue weighted by Crippen LogP contribution is -1.99. The van der Waals surface area contributed by atoms with Crippen molar-refractivity contribution in [3.8, 4) is 0 Å². The van der Waals surface area contributed by atoms with E-state index >= 15 is 0 Å². The van der Waals surface area contributed by atoms with Crippen LogP contribution in [-0.4, -0.2) is 11.2 Å². The van der Waals surface area contributed by atoms with Crippen LogP contribution in [-0.2, 0) is 0 Å². The second-order valence-electron chi connectivity index (χ2n) is 2.19. The zero-order valence-electron chi connectivity index (χ0n) is 6.30. The zero-order chi connectivity index (χ0) is 7.11. The molecule has 0 bridgehead atoms. The minimum Gasteiger partial charge on any atom is -0.389 e. The van der Waals surface area contributed by atoms with Gasteiger partial charge >= 0.3 is 0 Å². The van der Waals surface area contributed by atoms with Gasteiger partial charge in [0.1, 0.15) is 0 Å². The van der Waals surface area contributed by atoms with Crippen LogP contribution in [0, 0.1) is 0 Å². The predicted molar refractivity (Wildman–Crippen MR) is 40.3 cm³/mol. The van der Waals surface area contributed by atoms with E-state index in [4.69, 9.17) is 5.11 Å². The summed E-state index contributed by atoms with van der Waals surface area (Å²) in [4.78, 5) is 0. The number of aliphatic hydroxyl groups is 1. The molecular formula is C8H16O. The molecule has 1 N–H and O–H groups in total. The predicted octanol–water partition coefficient (Wildman–Crippen LogP) is 2.11. The van der Waals surface area contributed by atoms with E-state index in [9.17, 15) is 0 Å². The van der Waals surface area contributed by atoms with Gasteiger partial charge in [0.25, 0.3) is 0 Å². The highest BCUT2D eigenvalue weighted by molar-refractivity contribution is 4.86. The maximum atomic E-state index is 9.09. The first-order chi connectivity index (χ1) is 4.31. The molecule has 0 saturated carbocycles. The van der Waals surface area contributed by atoms with Crippen molar-refractivity contribution in [2.24, 2.45) is 0 Å². The van der Waals surface area contributed by atoms with Gasteiger partial charge in [0.2, 0.25) is 0 Å². The van der Waals surface area contributed by atoms with Crippen molar-refractivity contribution < 1.29 is 5.11 Å². The highest BCUT2D eigenvalue weighted by atomic mass is 16.3. The molecule has 0 spiro atoms. The first kappa shape index (κ1) is 8.70. The molecular weight excluding hydrogens is 112 g/mol. The van der Waals surface area contributed by atoms with Gasteiger partial charge in [-0.1, -0.05) is 32.4 Å². The standard InChI is InChI=1S/C8H16O/c1-3-5-7-8(9)6-4-2/h5,7-9H,3-4,6H2,1-2H3/b7-5+. The minimum atomic E-state index is -0.213. The van der Waals surface area contributed by atoms with Gasteiger partial charge in [-0.15, -0.1) is 0 Å². The average Bonchev–Trinajstić information content (AvgIpc) is 1.85. The molecule has 1 unspecified atom stereocenters. The Kier molecular flexibility index (Phi) is 5.64. The van der Waals surface area contributed by atoms with Gasteiger partial charge in [-0.25, -0.2) is 0 Å². The van der Waals surface area contributed by atoms with Gasteiger partial charge in [0.05, 0.1) is 6.10 Å². The maximum absolute atomic E-state index is 9.09. The molecule has 0 rings (SSSR count). The Morgan fingerprint density at radius 3 is 2.56 bits per heavy atom. The molecule has 0 saturated heterocycles. The molecule has 0 aromatic carbocycles. The summed E-state index contributed by atoms with van der Waals surface area (Å²) < 4.78 is 0. The first-order valence-corrected chi connectivity index (χ1v) is 3.66. The van der Waals surface area contributed by atoms with E-state index in [-0.39, 0.29) is 6.10 Å². The van der Waals surface area contributed by atoms with Crippen LogP contribution < -0.4 is 0 Å². The Hall–Kier alpha value is -0.300. The third-order valence-electron chi connectivity index (χ3n) is 1.18. The summed E-state index contributed by atoms with van der Waals surface area (Å²) in [5.41, 5.74) is 0. The van der Waals surface area contributed by atoms with Crippen LogP contribution in [0.3, 0.4) is 0 Å². The van der Waals surface area contributed by atoms with Crippen molar-refractivity contribution in [3.63, 3.8) is 0 Å². The largest absolute Gasteiger partial charge is 0.389 e. The van der Waals surface area contributed by atoms with Crippen molar-refractivity contribution >= 4 is 0 Å². The zero-order valence-corrected chi connectivity index (χ0v) is 6.30. The SMILES string of the molecule is CC/C=C/C(O)CCC. The van der Waals surface area contributed by atoms with Gasteiger partial charge in [-0.05, 0) is 12.8 Å². The van der Waals surface area contributed by atoms with Crippen LogP contribution in [0.4, 0.5) is 0 Å². The molecule has 0 aliphatic heterocycles. The van der Waals surface area contributed by atoms with Gasteiger partial charge in [-0.2, -0.15) is 0 Å². The van der Waals surface area contributed by atoms with Crippen LogP contribution in [0.25, 0.3) is 0 Å². The van der Waals surface area contributed by atoms with E-state index in [0.717, 1.165) is 19.3 Å². The van der Waals surface area contributed by atoms with Crippen molar-refractivity contribution in [1.29, 1.82) is 0 Å². The van der Waals surface area contributed by atoms with E-state index in [2.05, 4.69) is 13.8 Å². The van der Waals surface area contributed by atoms with Crippen LogP contribution in [0.2, 0.25) is 0 Å². The quantitative estimate of drug-likeness (QED) is 0.575. The Labute approximate surface area is 57.4 Å². The lowest BCUT2D eigenvalue weighted by Gasteiger charge is -1.99. The summed E-state index contributed by atoms with van der Waals surface area (Å²) in [6, 6.07) is 0. The fourth-order valence-electron chi connectivity index (χ4n) is 0.685. The number of hydrogen-bond donors (Lipinski definition) is 1. The van der Waals surface area contributed by atoms with Gasteiger partial charge in [0.15, 0.2) is 0 Å². The number of aliphatic hydroxyl groups excluding tert-OH is 1. The molecule has 1 heteroatoms. The fourth-order valence-corrected chi connectivity index (χ4v) is 0.685. The van der Waals surface area contributed by atoms with E-state index in [1.165, 1.54) is 0 Å².